The zero-order chi connectivity index (χ0) is 7.84. The smallest absolute Gasteiger partial charge is 0.198 e. The second-order valence-corrected chi connectivity index (χ2v) is 2.69. The Labute approximate surface area is 67.7 Å². The quantitative estimate of drug-likeness (QED) is 0.580. The van der Waals surface area contributed by atoms with Gasteiger partial charge in [-0.25, -0.2) is 4.98 Å². The van der Waals surface area contributed by atoms with Crippen molar-refractivity contribution in [1.82, 2.24) is 20.2 Å². The molecular formula is C6H6N4S. The highest BCUT2D eigenvalue weighted by Gasteiger charge is 1.99. The minimum absolute atomic E-state index is 0.462. The molecular weight excluding hydrogens is 160 g/mol. The van der Waals surface area contributed by atoms with E-state index in [2.05, 4.69) is 20.2 Å². The maximum atomic E-state index is 4.83. The Morgan fingerprint density at radius 3 is 3.18 bits per heavy atom. The number of rotatable bonds is 0. The Morgan fingerprint density at radius 2 is 2.36 bits per heavy atom. The molecule has 56 valence electrons. The molecule has 2 aromatic heterocycles. The van der Waals surface area contributed by atoms with Crippen LogP contribution in [0.4, 0.5) is 0 Å². The van der Waals surface area contributed by atoms with E-state index in [9.17, 15) is 0 Å². The van der Waals surface area contributed by atoms with Crippen LogP contribution in [0.3, 0.4) is 0 Å². The van der Waals surface area contributed by atoms with Gasteiger partial charge in [-0.2, -0.15) is 5.10 Å². The Morgan fingerprint density at radius 1 is 1.55 bits per heavy atom. The zero-order valence-corrected chi connectivity index (χ0v) is 6.70. The van der Waals surface area contributed by atoms with Gasteiger partial charge in [0.15, 0.2) is 10.4 Å². The van der Waals surface area contributed by atoms with Crippen LogP contribution in [0.1, 0.15) is 5.69 Å². The fraction of sp³-hybridized carbons (Fsp3) is 0.167. The number of hydrogen-bond acceptors (Lipinski definition) is 3. The molecule has 0 unspecified atom stereocenters. The van der Waals surface area contributed by atoms with Crippen LogP contribution in [0.25, 0.3) is 11.0 Å². The second kappa shape index (κ2) is 2.13. The van der Waals surface area contributed by atoms with Crippen LogP contribution < -0.4 is 0 Å². The molecule has 2 rings (SSSR count). The number of fused-ring (bicyclic) bond motifs is 1. The molecule has 0 spiro atoms. The van der Waals surface area contributed by atoms with Gasteiger partial charge in [-0.3, -0.25) is 5.10 Å². The Kier molecular flexibility index (Phi) is 1.25. The van der Waals surface area contributed by atoms with E-state index in [1.807, 2.05) is 6.92 Å². The molecule has 5 heteroatoms. The monoisotopic (exact) mass is 166 g/mol. The first-order valence-corrected chi connectivity index (χ1v) is 3.58. The zero-order valence-electron chi connectivity index (χ0n) is 5.88. The van der Waals surface area contributed by atoms with Crippen LogP contribution in [-0.2, 0) is 0 Å². The normalized spacial score (nSPS) is 10.6. The SMILES string of the molecule is Cc1[nH]nc2[nH]c(=S)ncc12. The third kappa shape index (κ3) is 0.932. The summed E-state index contributed by atoms with van der Waals surface area (Å²) in [6.45, 7) is 1.94. The van der Waals surface area contributed by atoms with Gasteiger partial charge < -0.3 is 4.98 Å². The summed E-state index contributed by atoms with van der Waals surface area (Å²) in [6, 6.07) is 0. The number of aryl methyl sites for hydroxylation is 1. The molecule has 0 fully saturated rings. The lowest BCUT2D eigenvalue weighted by Crippen LogP contribution is -1.80. The lowest BCUT2D eigenvalue weighted by Gasteiger charge is -1.86. The molecule has 11 heavy (non-hydrogen) atoms. The van der Waals surface area contributed by atoms with Gasteiger partial charge in [0.2, 0.25) is 0 Å². The molecule has 0 aliphatic carbocycles. The summed E-state index contributed by atoms with van der Waals surface area (Å²) in [4.78, 5) is 6.81. The number of H-pyrrole nitrogens is 2. The van der Waals surface area contributed by atoms with Crippen molar-refractivity contribution in [1.29, 1.82) is 0 Å². The van der Waals surface area contributed by atoms with Gasteiger partial charge in [0.05, 0.1) is 5.39 Å². The first kappa shape index (κ1) is 6.48. The molecule has 2 N–H and O–H groups in total. The maximum absolute atomic E-state index is 4.83. The number of hydrogen-bond donors (Lipinski definition) is 2. The Bertz CT molecular complexity index is 441. The topological polar surface area (TPSA) is 57.4 Å². The predicted octanol–water partition coefficient (Wildman–Crippen LogP) is 1.32. The summed E-state index contributed by atoms with van der Waals surface area (Å²) in [5.41, 5.74) is 1.77. The summed E-state index contributed by atoms with van der Waals surface area (Å²) in [7, 11) is 0. The maximum Gasteiger partial charge on any atom is 0.198 e. The number of aromatic nitrogens is 4. The molecule has 0 saturated heterocycles. The third-order valence-corrected chi connectivity index (χ3v) is 1.74. The Balaban J connectivity index is 2.96. The van der Waals surface area contributed by atoms with E-state index < -0.39 is 0 Å². The van der Waals surface area contributed by atoms with Gasteiger partial charge in [-0.05, 0) is 19.1 Å². The van der Waals surface area contributed by atoms with Crippen LogP contribution in [0, 0.1) is 11.7 Å². The first-order valence-electron chi connectivity index (χ1n) is 3.17. The molecule has 0 aliphatic rings. The number of nitrogens with one attached hydrogen (secondary N) is 2. The van der Waals surface area contributed by atoms with Gasteiger partial charge in [0.1, 0.15) is 0 Å². The van der Waals surface area contributed by atoms with E-state index in [-0.39, 0.29) is 0 Å². The predicted molar refractivity (Wildman–Crippen MR) is 43.8 cm³/mol. The molecule has 0 saturated carbocycles. The van der Waals surface area contributed by atoms with E-state index in [1.165, 1.54) is 0 Å². The number of aromatic amines is 2. The fourth-order valence-corrected chi connectivity index (χ4v) is 1.10. The van der Waals surface area contributed by atoms with Crippen LogP contribution in [0.2, 0.25) is 0 Å². The van der Waals surface area contributed by atoms with Crippen molar-refractivity contribution < 1.29 is 0 Å². The van der Waals surface area contributed by atoms with Crippen molar-refractivity contribution >= 4 is 23.3 Å². The molecule has 2 aromatic rings. The van der Waals surface area contributed by atoms with Gasteiger partial charge >= 0.3 is 0 Å². The molecule has 0 atom stereocenters. The van der Waals surface area contributed by atoms with Crippen molar-refractivity contribution in [3.8, 4) is 0 Å². The molecule has 4 nitrogen and oxygen atoms in total. The molecule has 0 bridgehead atoms. The highest BCUT2D eigenvalue weighted by molar-refractivity contribution is 7.71. The van der Waals surface area contributed by atoms with Gasteiger partial charge in [0.25, 0.3) is 0 Å². The third-order valence-electron chi connectivity index (χ3n) is 1.53. The summed E-state index contributed by atoms with van der Waals surface area (Å²) >= 11 is 4.83. The van der Waals surface area contributed by atoms with Crippen LogP contribution in [0.15, 0.2) is 6.20 Å². The Hall–Kier alpha value is -1.23. The van der Waals surface area contributed by atoms with Crippen LogP contribution >= 0.6 is 12.2 Å². The summed E-state index contributed by atoms with van der Waals surface area (Å²) in [5.74, 6) is 0. The highest BCUT2D eigenvalue weighted by Crippen LogP contribution is 2.09. The van der Waals surface area contributed by atoms with E-state index in [4.69, 9.17) is 12.2 Å². The standard InChI is InChI=1S/C6H6N4S/c1-3-4-2-7-6(11)8-5(4)10-9-3/h2H,1H3,(H2,7,8,9,10,11). The largest absolute Gasteiger partial charge is 0.314 e. The van der Waals surface area contributed by atoms with E-state index in [1.54, 1.807) is 6.20 Å². The van der Waals surface area contributed by atoms with E-state index in [0.717, 1.165) is 16.7 Å². The van der Waals surface area contributed by atoms with E-state index >= 15 is 0 Å². The van der Waals surface area contributed by atoms with Crippen molar-refractivity contribution in [2.45, 2.75) is 6.92 Å². The molecule has 0 radical (unpaired) electrons. The minimum atomic E-state index is 0.462. The van der Waals surface area contributed by atoms with Crippen molar-refractivity contribution in [3.63, 3.8) is 0 Å². The number of nitrogens with zero attached hydrogens (tertiary/aromatic N) is 2. The van der Waals surface area contributed by atoms with Crippen molar-refractivity contribution in [2.75, 3.05) is 0 Å². The molecule has 0 aliphatic heterocycles. The lowest BCUT2D eigenvalue weighted by atomic mass is 10.3. The summed E-state index contributed by atoms with van der Waals surface area (Å²) in [6.07, 6.45) is 1.72. The lowest BCUT2D eigenvalue weighted by molar-refractivity contribution is 1.05. The average molecular weight is 166 g/mol. The van der Waals surface area contributed by atoms with Crippen LogP contribution in [-0.4, -0.2) is 20.2 Å². The second-order valence-electron chi connectivity index (χ2n) is 2.30. The van der Waals surface area contributed by atoms with Crippen molar-refractivity contribution in [3.05, 3.63) is 16.7 Å². The molecule has 0 amide bonds. The first-order chi connectivity index (χ1) is 5.27. The molecule has 2 heterocycles. The highest BCUT2D eigenvalue weighted by atomic mass is 32.1. The minimum Gasteiger partial charge on any atom is -0.314 e. The van der Waals surface area contributed by atoms with Gasteiger partial charge in [-0.1, -0.05) is 0 Å². The average Bonchev–Trinajstić information content (AvgIpc) is 2.32. The summed E-state index contributed by atoms with van der Waals surface area (Å²) < 4.78 is 0.462. The molecule has 0 aromatic carbocycles. The van der Waals surface area contributed by atoms with E-state index in [0.29, 0.717) is 4.77 Å². The van der Waals surface area contributed by atoms with Crippen molar-refractivity contribution in [2.24, 2.45) is 0 Å². The van der Waals surface area contributed by atoms with Gasteiger partial charge in [-0.15, -0.1) is 0 Å². The fourth-order valence-electron chi connectivity index (χ4n) is 0.948. The van der Waals surface area contributed by atoms with Gasteiger partial charge in [0, 0.05) is 11.9 Å². The summed E-state index contributed by atoms with van der Waals surface area (Å²) in [5, 5.41) is 7.81. The van der Waals surface area contributed by atoms with Crippen LogP contribution in [0.5, 0.6) is 0 Å².